The van der Waals surface area contributed by atoms with Crippen molar-refractivity contribution in [1.29, 1.82) is 0 Å². The van der Waals surface area contributed by atoms with Crippen molar-refractivity contribution in [1.82, 2.24) is 0 Å². The molecule has 0 spiro atoms. The molecular formula is C8H8ClF2NO. The van der Waals surface area contributed by atoms with Crippen LogP contribution in [0, 0.1) is 5.82 Å². The first-order chi connectivity index (χ1) is 6.06. The van der Waals surface area contributed by atoms with E-state index in [1.165, 1.54) is 0 Å². The smallest absolute Gasteiger partial charge is 0.139 e. The molecule has 0 heterocycles. The zero-order chi connectivity index (χ0) is 10.0. The highest BCUT2D eigenvalue weighted by atomic mass is 35.5. The number of benzene rings is 1. The zero-order valence-electron chi connectivity index (χ0n) is 6.60. The largest absolute Gasteiger partial charge is 0.506 e. The van der Waals surface area contributed by atoms with Gasteiger partial charge in [-0.3, -0.25) is 0 Å². The Kier molecular flexibility index (Phi) is 3.06. The van der Waals surface area contributed by atoms with Crippen molar-refractivity contribution in [2.75, 3.05) is 6.67 Å². The van der Waals surface area contributed by atoms with Gasteiger partial charge >= 0.3 is 0 Å². The van der Waals surface area contributed by atoms with Crippen molar-refractivity contribution < 1.29 is 13.9 Å². The number of aromatic hydroxyl groups is 1. The molecule has 2 nitrogen and oxygen atoms in total. The van der Waals surface area contributed by atoms with Gasteiger partial charge < -0.3 is 10.8 Å². The van der Waals surface area contributed by atoms with E-state index >= 15 is 0 Å². The van der Waals surface area contributed by atoms with Gasteiger partial charge in [0.25, 0.3) is 0 Å². The summed E-state index contributed by atoms with van der Waals surface area (Å²) in [5.41, 5.74) is 5.25. The first-order valence-electron chi connectivity index (χ1n) is 3.55. The van der Waals surface area contributed by atoms with Crippen LogP contribution in [0.3, 0.4) is 0 Å². The second-order valence-electron chi connectivity index (χ2n) is 2.59. The van der Waals surface area contributed by atoms with E-state index in [1.807, 2.05) is 0 Å². The fourth-order valence-corrected chi connectivity index (χ4v) is 1.16. The average molecular weight is 208 g/mol. The summed E-state index contributed by atoms with van der Waals surface area (Å²) in [6, 6.07) is 0.852. The summed E-state index contributed by atoms with van der Waals surface area (Å²) in [6.07, 6.45) is 0. The molecule has 3 N–H and O–H groups in total. The van der Waals surface area contributed by atoms with Crippen LogP contribution in [-0.2, 0) is 0 Å². The summed E-state index contributed by atoms with van der Waals surface area (Å²) in [5.74, 6) is -1.02. The number of nitrogens with two attached hydrogens (primary N) is 1. The molecule has 1 aromatic carbocycles. The molecule has 0 aliphatic rings. The lowest BCUT2D eigenvalue weighted by Gasteiger charge is -2.10. The van der Waals surface area contributed by atoms with E-state index in [9.17, 15) is 13.9 Å². The van der Waals surface area contributed by atoms with E-state index in [-0.39, 0.29) is 16.3 Å². The van der Waals surface area contributed by atoms with Gasteiger partial charge in [-0.05, 0) is 12.1 Å². The van der Waals surface area contributed by atoms with Gasteiger partial charge in [-0.1, -0.05) is 11.6 Å². The van der Waals surface area contributed by atoms with Crippen LogP contribution < -0.4 is 5.73 Å². The molecule has 0 unspecified atom stereocenters. The number of alkyl halides is 1. The third kappa shape index (κ3) is 2.08. The first-order valence-corrected chi connectivity index (χ1v) is 3.93. The summed E-state index contributed by atoms with van der Waals surface area (Å²) in [6.45, 7) is -0.882. The SMILES string of the molecule is N[C@@H](CF)c1cc(F)cc(Cl)c1O. The maximum Gasteiger partial charge on any atom is 0.139 e. The third-order valence-corrected chi connectivity index (χ3v) is 1.91. The van der Waals surface area contributed by atoms with Crippen molar-refractivity contribution in [3.05, 3.63) is 28.5 Å². The van der Waals surface area contributed by atoms with Crippen LogP contribution in [0.2, 0.25) is 5.02 Å². The highest BCUT2D eigenvalue weighted by Crippen LogP contribution is 2.31. The summed E-state index contributed by atoms with van der Waals surface area (Å²) < 4.78 is 24.8. The summed E-state index contributed by atoms with van der Waals surface area (Å²) >= 11 is 5.45. The predicted octanol–water partition coefficient (Wildman–Crippen LogP) is 2.15. The molecule has 0 saturated carbocycles. The lowest BCUT2D eigenvalue weighted by atomic mass is 10.1. The van der Waals surface area contributed by atoms with E-state index in [0.29, 0.717) is 0 Å². The molecule has 1 atom stereocenters. The Morgan fingerprint density at radius 1 is 1.54 bits per heavy atom. The molecule has 0 saturated heterocycles. The number of hydrogen-bond acceptors (Lipinski definition) is 2. The van der Waals surface area contributed by atoms with Crippen LogP contribution in [0.15, 0.2) is 12.1 Å². The molecule has 5 heteroatoms. The number of phenols is 1. The Balaban J connectivity index is 3.20. The summed E-state index contributed by atoms with van der Waals surface area (Å²) in [4.78, 5) is 0. The van der Waals surface area contributed by atoms with Gasteiger partial charge in [0.15, 0.2) is 0 Å². The van der Waals surface area contributed by atoms with Crippen LogP contribution in [-0.4, -0.2) is 11.8 Å². The molecule has 0 aliphatic carbocycles. The Bertz CT molecular complexity index is 319. The van der Waals surface area contributed by atoms with Crippen molar-refractivity contribution in [2.45, 2.75) is 6.04 Å². The fourth-order valence-electron chi connectivity index (χ4n) is 0.952. The minimum absolute atomic E-state index is 0.0208. The van der Waals surface area contributed by atoms with E-state index in [1.54, 1.807) is 0 Å². The Labute approximate surface area is 78.9 Å². The Hall–Kier alpha value is -0.870. The zero-order valence-corrected chi connectivity index (χ0v) is 7.35. The van der Waals surface area contributed by atoms with Gasteiger partial charge in [0.05, 0.1) is 11.1 Å². The maximum atomic E-state index is 12.7. The molecule has 1 rings (SSSR count). The second kappa shape index (κ2) is 3.89. The van der Waals surface area contributed by atoms with Gasteiger partial charge in [-0.25, -0.2) is 8.78 Å². The Morgan fingerprint density at radius 3 is 2.69 bits per heavy atom. The monoisotopic (exact) mass is 207 g/mol. The number of hydrogen-bond donors (Lipinski definition) is 2. The average Bonchev–Trinajstić information content (AvgIpc) is 2.10. The first kappa shape index (κ1) is 10.2. The van der Waals surface area contributed by atoms with Crippen molar-refractivity contribution >= 4 is 11.6 Å². The molecule has 0 aromatic heterocycles. The summed E-state index contributed by atoms with van der Waals surface area (Å²) in [5, 5.41) is 9.11. The van der Waals surface area contributed by atoms with E-state index < -0.39 is 18.5 Å². The number of phenolic OH excluding ortho intramolecular Hbond substituents is 1. The van der Waals surface area contributed by atoms with Gasteiger partial charge in [0.1, 0.15) is 18.2 Å². The molecule has 72 valence electrons. The van der Waals surface area contributed by atoms with Crippen LogP contribution in [0.4, 0.5) is 8.78 Å². The van der Waals surface area contributed by atoms with Crippen molar-refractivity contribution in [3.63, 3.8) is 0 Å². The van der Waals surface area contributed by atoms with E-state index in [4.69, 9.17) is 17.3 Å². The molecular weight excluding hydrogens is 200 g/mol. The van der Waals surface area contributed by atoms with Crippen LogP contribution in [0.1, 0.15) is 11.6 Å². The van der Waals surface area contributed by atoms with E-state index in [2.05, 4.69) is 0 Å². The molecule has 0 bridgehead atoms. The summed E-state index contributed by atoms with van der Waals surface area (Å²) in [7, 11) is 0. The number of halogens is 3. The minimum atomic E-state index is -1.05. The van der Waals surface area contributed by atoms with Crippen molar-refractivity contribution in [2.24, 2.45) is 5.73 Å². The van der Waals surface area contributed by atoms with Gasteiger partial charge in [-0.15, -0.1) is 0 Å². The topological polar surface area (TPSA) is 46.2 Å². The molecule has 13 heavy (non-hydrogen) atoms. The maximum absolute atomic E-state index is 12.7. The van der Waals surface area contributed by atoms with E-state index in [0.717, 1.165) is 12.1 Å². The number of rotatable bonds is 2. The van der Waals surface area contributed by atoms with Gasteiger partial charge in [0, 0.05) is 5.56 Å². The quantitative estimate of drug-likeness (QED) is 0.781. The Morgan fingerprint density at radius 2 is 2.15 bits per heavy atom. The lowest BCUT2D eigenvalue weighted by Crippen LogP contribution is -2.12. The normalized spacial score (nSPS) is 12.9. The second-order valence-corrected chi connectivity index (χ2v) is 2.99. The third-order valence-electron chi connectivity index (χ3n) is 1.62. The molecule has 1 aromatic rings. The highest BCUT2D eigenvalue weighted by molar-refractivity contribution is 6.32. The highest BCUT2D eigenvalue weighted by Gasteiger charge is 2.14. The standard InChI is InChI=1S/C8H8ClF2NO/c9-6-2-4(11)1-5(8(6)13)7(12)3-10/h1-2,7,13H,3,12H2/t7-/m0/s1. The fraction of sp³-hybridized carbons (Fsp3) is 0.250. The van der Waals surface area contributed by atoms with Crippen LogP contribution in [0.5, 0.6) is 5.75 Å². The lowest BCUT2D eigenvalue weighted by molar-refractivity contribution is 0.412. The van der Waals surface area contributed by atoms with Gasteiger partial charge in [-0.2, -0.15) is 0 Å². The molecule has 0 amide bonds. The molecule has 0 radical (unpaired) electrons. The van der Waals surface area contributed by atoms with Crippen LogP contribution >= 0.6 is 11.6 Å². The minimum Gasteiger partial charge on any atom is -0.506 e. The van der Waals surface area contributed by atoms with Crippen LogP contribution in [0.25, 0.3) is 0 Å². The molecule has 0 aliphatic heterocycles. The van der Waals surface area contributed by atoms with Gasteiger partial charge in [0.2, 0.25) is 0 Å². The van der Waals surface area contributed by atoms with Crippen molar-refractivity contribution in [3.8, 4) is 5.75 Å². The predicted molar refractivity (Wildman–Crippen MR) is 46.0 cm³/mol. The molecule has 0 fully saturated rings.